The van der Waals surface area contributed by atoms with Crippen molar-refractivity contribution in [1.82, 2.24) is 4.31 Å². The molecule has 0 spiro atoms. The van der Waals surface area contributed by atoms with Crippen LogP contribution in [0.15, 0.2) is 47.4 Å². The quantitative estimate of drug-likeness (QED) is 0.878. The van der Waals surface area contributed by atoms with Crippen LogP contribution in [-0.2, 0) is 16.6 Å². The molecule has 0 aliphatic carbocycles. The molecule has 0 bridgehead atoms. The number of rotatable bonds is 4. The second-order valence-corrected chi connectivity index (χ2v) is 7.02. The molecule has 0 aliphatic heterocycles. The van der Waals surface area contributed by atoms with E-state index in [2.05, 4.69) is 0 Å². The molecule has 21 heavy (non-hydrogen) atoms. The van der Waals surface area contributed by atoms with Crippen LogP contribution >= 0.6 is 11.6 Å². The summed E-state index contributed by atoms with van der Waals surface area (Å²) in [5, 5.41) is 0.422. The summed E-state index contributed by atoms with van der Waals surface area (Å²) in [4.78, 5) is -0.106. The Hall–Kier alpha value is -1.63. The van der Waals surface area contributed by atoms with Crippen LogP contribution in [0, 0.1) is 5.82 Å². The zero-order valence-corrected chi connectivity index (χ0v) is 12.8. The van der Waals surface area contributed by atoms with Gasteiger partial charge in [0.15, 0.2) is 0 Å². The van der Waals surface area contributed by atoms with Gasteiger partial charge in [-0.05, 0) is 42.0 Å². The molecule has 0 heterocycles. The summed E-state index contributed by atoms with van der Waals surface area (Å²) in [6.07, 6.45) is 0. The topological polar surface area (TPSA) is 63.4 Å². The average molecular weight is 329 g/mol. The van der Waals surface area contributed by atoms with Gasteiger partial charge in [-0.15, -0.1) is 0 Å². The molecule has 0 saturated heterocycles. The minimum atomic E-state index is -3.80. The monoisotopic (exact) mass is 328 g/mol. The molecule has 0 atom stereocenters. The Balaban J connectivity index is 2.31. The van der Waals surface area contributed by atoms with Gasteiger partial charge in [-0.3, -0.25) is 0 Å². The Morgan fingerprint density at radius 1 is 1.24 bits per heavy atom. The summed E-state index contributed by atoms with van der Waals surface area (Å²) in [5.74, 6) is -0.605. The van der Waals surface area contributed by atoms with Gasteiger partial charge < -0.3 is 5.73 Å². The van der Waals surface area contributed by atoms with Crippen molar-refractivity contribution in [3.05, 3.63) is 58.9 Å². The third-order valence-corrected chi connectivity index (χ3v) is 5.14. The zero-order chi connectivity index (χ0) is 15.6. The lowest BCUT2D eigenvalue weighted by molar-refractivity contribution is 0.466. The number of sulfonamides is 1. The van der Waals surface area contributed by atoms with Crippen LogP contribution < -0.4 is 5.73 Å². The van der Waals surface area contributed by atoms with Crippen molar-refractivity contribution in [2.75, 3.05) is 12.8 Å². The van der Waals surface area contributed by atoms with Gasteiger partial charge in [-0.1, -0.05) is 17.7 Å². The van der Waals surface area contributed by atoms with Crippen LogP contribution in [0.2, 0.25) is 5.02 Å². The van der Waals surface area contributed by atoms with Gasteiger partial charge >= 0.3 is 0 Å². The van der Waals surface area contributed by atoms with Crippen molar-refractivity contribution >= 4 is 27.3 Å². The third kappa shape index (κ3) is 3.53. The summed E-state index contributed by atoms with van der Waals surface area (Å²) in [5.41, 5.74) is 6.74. The van der Waals surface area contributed by atoms with Crippen molar-refractivity contribution in [1.29, 1.82) is 0 Å². The van der Waals surface area contributed by atoms with E-state index in [9.17, 15) is 12.8 Å². The van der Waals surface area contributed by atoms with Crippen molar-refractivity contribution < 1.29 is 12.8 Å². The molecule has 2 rings (SSSR count). The van der Waals surface area contributed by atoms with Crippen LogP contribution in [0.3, 0.4) is 0 Å². The zero-order valence-electron chi connectivity index (χ0n) is 11.3. The minimum absolute atomic E-state index is 0.0444. The Bertz CT molecular complexity index is 765. The van der Waals surface area contributed by atoms with Crippen LogP contribution in [0.1, 0.15) is 5.56 Å². The molecule has 0 saturated carbocycles. The van der Waals surface area contributed by atoms with E-state index in [1.54, 1.807) is 18.2 Å². The molecule has 0 aromatic heterocycles. The molecular weight excluding hydrogens is 315 g/mol. The third-order valence-electron chi connectivity index (χ3n) is 2.97. The molecule has 2 aromatic rings. The van der Waals surface area contributed by atoms with E-state index in [1.807, 2.05) is 0 Å². The summed E-state index contributed by atoms with van der Waals surface area (Å²) in [6, 6.07) is 9.71. The summed E-state index contributed by atoms with van der Waals surface area (Å²) in [7, 11) is -2.39. The van der Waals surface area contributed by atoms with Crippen molar-refractivity contribution in [2.24, 2.45) is 0 Å². The number of benzene rings is 2. The predicted octanol–water partition coefficient (Wildman–Crippen LogP) is 2.88. The van der Waals surface area contributed by atoms with Gasteiger partial charge in [-0.2, -0.15) is 4.31 Å². The Morgan fingerprint density at radius 2 is 1.95 bits per heavy atom. The summed E-state index contributed by atoms with van der Waals surface area (Å²) in [6.45, 7) is 0.0444. The minimum Gasteiger partial charge on any atom is -0.399 e. The molecule has 0 fully saturated rings. The van der Waals surface area contributed by atoms with Crippen LogP contribution in [0.4, 0.5) is 10.1 Å². The van der Waals surface area contributed by atoms with E-state index >= 15 is 0 Å². The number of anilines is 1. The normalized spacial score (nSPS) is 11.8. The molecule has 2 N–H and O–H groups in total. The van der Waals surface area contributed by atoms with Crippen molar-refractivity contribution in [3.63, 3.8) is 0 Å². The lowest BCUT2D eigenvalue weighted by Crippen LogP contribution is -2.26. The smallest absolute Gasteiger partial charge is 0.243 e. The van der Waals surface area contributed by atoms with E-state index in [1.165, 1.54) is 25.2 Å². The Morgan fingerprint density at radius 3 is 2.62 bits per heavy atom. The summed E-state index contributed by atoms with van der Waals surface area (Å²) < 4.78 is 39.0. The van der Waals surface area contributed by atoms with Gasteiger partial charge in [0.25, 0.3) is 0 Å². The number of nitrogens with two attached hydrogens (primary N) is 1. The largest absolute Gasteiger partial charge is 0.399 e. The average Bonchev–Trinajstić information content (AvgIpc) is 2.42. The fourth-order valence-electron chi connectivity index (χ4n) is 1.85. The molecular formula is C14H14ClFN2O2S. The second kappa shape index (κ2) is 6.01. The highest BCUT2D eigenvalue weighted by atomic mass is 35.5. The van der Waals surface area contributed by atoms with Gasteiger partial charge in [0.1, 0.15) is 5.82 Å². The lowest BCUT2D eigenvalue weighted by Gasteiger charge is -2.18. The lowest BCUT2D eigenvalue weighted by atomic mass is 10.2. The number of halogens is 2. The molecule has 0 aliphatic rings. The van der Waals surface area contributed by atoms with Crippen molar-refractivity contribution in [3.8, 4) is 0 Å². The highest BCUT2D eigenvalue weighted by molar-refractivity contribution is 7.89. The first-order valence-electron chi connectivity index (χ1n) is 6.06. The Kier molecular flexibility index (Phi) is 4.51. The molecule has 112 valence electrons. The maximum Gasteiger partial charge on any atom is 0.243 e. The Labute approximate surface area is 128 Å². The number of hydrogen-bond acceptors (Lipinski definition) is 3. The first-order valence-corrected chi connectivity index (χ1v) is 7.88. The first kappa shape index (κ1) is 15.8. The van der Waals surface area contributed by atoms with E-state index in [0.29, 0.717) is 16.3 Å². The molecule has 0 radical (unpaired) electrons. The maximum absolute atomic E-state index is 13.2. The molecule has 0 amide bonds. The fraction of sp³-hybridized carbons (Fsp3) is 0.143. The van der Waals surface area contributed by atoms with Gasteiger partial charge in [-0.25, -0.2) is 12.8 Å². The molecule has 4 nitrogen and oxygen atoms in total. The highest BCUT2D eigenvalue weighted by Crippen LogP contribution is 2.23. The van der Waals surface area contributed by atoms with Gasteiger partial charge in [0.2, 0.25) is 10.0 Å². The summed E-state index contributed by atoms with van der Waals surface area (Å²) >= 11 is 6.02. The highest BCUT2D eigenvalue weighted by Gasteiger charge is 2.22. The van der Waals surface area contributed by atoms with Crippen molar-refractivity contribution in [2.45, 2.75) is 11.4 Å². The maximum atomic E-state index is 13.2. The first-order chi connectivity index (χ1) is 9.80. The molecule has 7 heteroatoms. The number of nitrogens with zero attached hydrogens (tertiary/aromatic N) is 1. The van der Waals surface area contributed by atoms with Gasteiger partial charge in [0, 0.05) is 24.3 Å². The van der Waals surface area contributed by atoms with Crippen LogP contribution in [0.25, 0.3) is 0 Å². The van der Waals surface area contributed by atoms with Crippen LogP contribution in [-0.4, -0.2) is 19.8 Å². The predicted molar refractivity (Wildman–Crippen MR) is 80.9 cm³/mol. The number of nitrogen functional groups attached to an aromatic ring is 1. The second-order valence-electron chi connectivity index (χ2n) is 4.57. The fourth-order valence-corrected chi connectivity index (χ4v) is 3.21. The van der Waals surface area contributed by atoms with E-state index in [-0.39, 0.29) is 11.4 Å². The molecule has 2 aromatic carbocycles. The van der Waals surface area contributed by atoms with E-state index < -0.39 is 15.8 Å². The van der Waals surface area contributed by atoms with Gasteiger partial charge in [0.05, 0.1) is 4.90 Å². The van der Waals surface area contributed by atoms with Crippen LogP contribution in [0.5, 0.6) is 0 Å². The van der Waals surface area contributed by atoms with E-state index in [0.717, 1.165) is 10.4 Å². The molecule has 0 unspecified atom stereocenters. The van der Waals surface area contributed by atoms with E-state index in [4.69, 9.17) is 17.3 Å². The SMILES string of the molecule is CN(Cc1cc(N)ccc1Cl)S(=O)(=O)c1cccc(F)c1. The number of hydrogen-bond donors (Lipinski definition) is 1. The standard InChI is InChI=1S/C14H14ClFN2O2S/c1-18(9-10-7-12(17)5-6-14(10)15)21(19,20)13-4-2-3-11(16)8-13/h2-8H,9,17H2,1H3.